The van der Waals surface area contributed by atoms with Crippen LogP contribution in [0.4, 0.5) is 0 Å². The van der Waals surface area contributed by atoms with Crippen LogP contribution >= 0.6 is 15.9 Å². The minimum absolute atomic E-state index is 0.183. The van der Waals surface area contributed by atoms with Gasteiger partial charge in [-0.1, -0.05) is 54.5 Å². The molecule has 0 amide bonds. The quantitative estimate of drug-likeness (QED) is 0.329. The van der Waals surface area contributed by atoms with E-state index in [4.69, 9.17) is 0 Å². The number of carbonyl (C=O) groups excluding carboxylic acids is 1. The lowest BCUT2D eigenvalue weighted by Gasteiger charge is -2.03. The van der Waals surface area contributed by atoms with E-state index < -0.39 is 0 Å². The maximum absolute atomic E-state index is 11.9. The number of rotatable bonds is 11. The molecule has 0 aliphatic heterocycles. The second kappa shape index (κ2) is 10.9. The van der Waals surface area contributed by atoms with Crippen molar-refractivity contribution in [2.75, 3.05) is 5.33 Å². The zero-order chi connectivity index (χ0) is 14.6. The third-order valence-corrected chi connectivity index (χ3v) is 4.04. The van der Waals surface area contributed by atoms with Crippen LogP contribution in [-0.4, -0.2) is 16.2 Å². The van der Waals surface area contributed by atoms with Crippen LogP contribution in [0.5, 0.6) is 5.75 Å². The number of phenols is 1. The fourth-order valence-corrected chi connectivity index (χ4v) is 2.63. The topological polar surface area (TPSA) is 37.3 Å². The zero-order valence-electron chi connectivity index (χ0n) is 12.1. The first-order valence-electron chi connectivity index (χ1n) is 7.62. The molecule has 0 aromatic heterocycles. The zero-order valence-corrected chi connectivity index (χ0v) is 13.7. The summed E-state index contributed by atoms with van der Waals surface area (Å²) in [5.41, 5.74) is 0.706. The largest absolute Gasteiger partial charge is 0.508 e. The summed E-state index contributed by atoms with van der Waals surface area (Å²) in [6.45, 7) is 0. The van der Waals surface area contributed by atoms with Gasteiger partial charge in [0.2, 0.25) is 0 Å². The Morgan fingerprint density at radius 1 is 0.850 bits per heavy atom. The van der Waals surface area contributed by atoms with Crippen molar-refractivity contribution in [1.29, 1.82) is 0 Å². The van der Waals surface area contributed by atoms with Gasteiger partial charge in [-0.2, -0.15) is 0 Å². The van der Waals surface area contributed by atoms with Gasteiger partial charge in [-0.15, -0.1) is 0 Å². The molecule has 1 N–H and O–H groups in total. The summed E-state index contributed by atoms with van der Waals surface area (Å²) in [4.78, 5) is 11.9. The number of phenolic OH excluding ortho intramolecular Hbond substituents is 1. The number of benzene rings is 1. The van der Waals surface area contributed by atoms with Crippen LogP contribution in [0.1, 0.15) is 68.1 Å². The molecule has 0 unspecified atom stereocenters. The second-order valence-electron chi connectivity index (χ2n) is 5.24. The Balaban J connectivity index is 2.01. The number of halogens is 1. The summed E-state index contributed by atoms with van der Waals surface area (Å²) >= 11 is 3.44. The van der Waals surface area contributed by atoms with Crippen LogP contribution < -0.4 is 0 Å². The average Bonchev–Trinajstić information content (AvgIpc) is 2.46. The molecule has 3 heteroatoms. The lowest BCUT2D eigenvalue weighted by atomic mass is 10.0. The van der Waals surface area contributed by atoms with E-state index in [1.54, 1.807) is 24.3 Å². The van der Waals surface area contributed by atoms with Gasteiger partial charge in [0.15, 0.2) is 5.78 Å². The van der Waals surface area contributed by atoms with Crippen molar-refractivity contribution in [2.45, 2.75) is 57.8 Å². The molecule has 0 radical (unpaired) electrons. The van der Waals surface area contributed by atoms with Crippen molar-refractivity contribution in [3.63, 3.8) is 0 Å². The van der Waals surface area contributed by atoms with Gasteiger partial charge in [-0.05, 0) is 37.1 Å². The first-order chi connectivity index (χ1) is 9.74. The molecule has 2 nitrogen and oxygen atoms in total. The van der Waals surface area contributed by atoms with Gasteiger partial charge in [0.25, 0.3) is 0 Å². The standard InChI is InChI=1S/C17H25BrO2/c18-14-8-6-4-2-1-3-5-7-9-17(20)15-10-12-16(19)13-11-15/h10-13,19H,1-9,14H2. The van der Waals surface area contributed by atoms with Gasteiger partial charge in [0, 0.05) is 17.3 Å². The van der Waals surface area contributed by atoms with Gasteiger partial charge in [0.05, 0.1) is 0 Å². The van der Waals surface area contributed by atoms with Crippen LogP contribution in [0.25, 0.3) is 0 Å². The highest BCUT2D eigenvalue weighted by Gasteiger charge is 2.05. The Bertz CT molecular complexity index is 373. The summed E-state index contributed by atoms with van der Waals surface area (Å²) in [6.07, 6.45) is 10.5. The summed E-state index contributed by atoms with van der Waals surface area (Å²) < 4.78 is 0. The molecule has 0 aliphatic rings. The minimum atomic E-state index is 0.183. The number of hydrogen-bond acceptors (Lipinski definition) is 2. The molecular weight excluding hydrogens is 316 g/mol. The van der Waals surface area contributed by atoms with E-state index in [2.05, 4.69) is 15.9 Å². The van der Waals surface area contributed by atoms with Crippen LogP contribution in [0.15, 0.2) is 24.3 Å². The number of Topliss-reactive ketones (excluding diaryl/α,β-unsaturated/α-hetero) is 1. The van der Waals surface area contributed by atoms with Crippen LogP contribution in [0, 0.1) is 0 Å². The maximum Gasteiger partial charge on any atom is 0.162 e. The van der Waals surface area contributed by atoms with E-state index in [1.165, 1.54) is 38.5 Å². The summed E-state index contributed by atoms with van der Waals surface area (Å²) in [6, 6.07) is 6.53. The molecule has 0 spiro atoms. The fourth-order valence-electron chi connectivity index (χ4n) is 2.23. The van der Waals surface area contributed by atoms with Gasteiger partial charge in [0.1, 0.15) is 5.75 Å². The predicted molar refractivity (Wildman–Crippen MR) is 87.8 cm³/mol. The summed E-state index contributed by atoms with van der Waals surface area (Å²) in [5, 5.41) is 10.3. The lowest BCUT2D eigenvalue weighted by Crippen LogP contribution is -1.98. The first kappa shape index (κ1) is 17.2. The molecular formula is C17H25BrO2. The molecule has 0 atom stereocenters. The van der Waals surface area contributed by atoms with E-state index in [1.807, 2.05) is 0 Å². The van der Waals surface area contributed by atoms with Crippen molar-refractivity contribution in [2.24, 2.45) is 0 Å². The Morgan fingerprint density at radius 2 is 1.35 bits per heavy atom. The molecule has 20 heavy (non-hydrogen) atoms. The highest BCUT2D eigenvalue weighted by atomic mass is 79.9. The smallest absolute Gasteiger partial charge is 0.162 e. The van der Waals surface area contributed by atoms with E-state index in [0.717, 1.165) is 18.2 Å². The van der Waals surface area contributed by atoms with Crippen molar-refractivity contribution in [3.05, 3.63) is 29.8 Å². The number of unbranched alkanes of at least 4 members (excludes halogenated alkanes) is 7. The highest BCUT2D eigenvalue weighted by Crippen LogP contribution is 2.14. The fraction of sp³-hybridized carbons (Fsp3) is 0.588. The average molecular weight is 341 g/mol. The monoisotopic (exact) mass is 340 g/mol. The summed E-state index contributed by atoms with van der Waals surface area (Å²) in [7, 11) is 0. The van der Waals surface area contributed by atoms with Crippen LogP contribution in [0.2, 0.25) is 0 Å². The normalized spacial score (nSPS) is 10.7. The number of hydrogen-bond donors (Lipinski definition) is 1. The molecule has 0 aliphatic carbocycles. The second-order valence-corrected chi connectivity index (χ2v) is 6.03. The number of carbonyl (C=O) groups is 1. The first-order valence-corrected chi connectivity index (χ1v) is 8.74. The molecule has 112 valence electrons. The van der Waals surface area contributed by atoms with Gasteiger partial charge < -0.3 is 5.11 Å². The number of ketones is 1. The number of aromatic hydroxyl groups is 1. The van der Waals surface area contributed by atoms with Crippen molar-refractivity contribution in [3.8, 4) is 5.75 Å². The molecule has 1 aromatic rings. The third-order valence-electron chi connectivity index (χ3n) is 3.48. The third kappa shape index (κ3) is 7.68. The van der Waals surface area contributed by atoms with Crippen molar-refractivity contribution >= 4 is 21.7 Å². The molecule has 0 fully saturated rings. The minimum Gasteiger partial charge on any atom is -0.508 e. The van der Waals surface area contributed by atoms with Crippen LogP contribution in [0.3, 0.4) is 0 Å². The van der Waals surface area contributed by atoms with E-state index in [-0.39, 0.29) is 11.5 Å². The number of alkyl halides is 1. The van der Waals surface area contributed by atoms with E-state index in [0.29, 0.717) is 12.0 Å². The molecule has 1 rings (SSSR count). The SMILES string of the molecule is O=C(CCCCCCCCCCBr)c1ccc(O)cc1. The lowest BCUT2D eigenvalue weighted by molar-refractivity contribution is 0.0979. The summed E-state index contributed by atoms with van der Waals surface area (Å²) in [5.74, 6) is 0.392. The Morgan fingerprint density at radius 3 is 1.90 bits per heavy atom. The van der Waals surface area contributed by atoms with Gasteiger partial charge in [-0.25, -0.2) is 0 Å². The molecule has 0 saturated carbocycles. The Kier molecular flexibility index (Phi) is 9.38. The van der Waals surface area contributed by atoms with Gasteiger partial charge >= 0.3 is 0 Å². The Hall–Kier alpha value is -0.830. The molecule has 1 aromatic carbocycles. The molecule has 0 bridgehead atoms. The molecule has 0 heterocycles. The van der Waals surface area contributed by atoms with Crippen LogP contribution in [-0.2, 0) is 0 Å². The van der Waals surface area contributed by atoms with E-state index in [9.17, 15) is 9.90 Å². The van der Waals surface area contributed by atoms with E-state index >= 15 is 0 Å². The maximum atomic E-state index is 11.9. The Labute approximate surface area is 130 Å². The predicted octanol–water partition coefficient (Wildman–Crippen LogP) is 5.48. The van der Waals surface area contributed by atoms with Crippen molar-refractivity contribution in [1.82, 2.24) is 0 Å². The van der Waals surface area contributed by atoms with Crippen molar-refractivity contribution < 1.29 is 9.90 Å². The molecule has 0 saturated heterocycles. The van der Waals surface area contributed by atoms with Gasteiger partial charge in [-0.3, -0.25) is 4.79 Å². The highest BCUT2D eigenvalue weighted by molar-refractivity contribution is 9.09.